The Labute approximate surface area is 162 Å². The number of aliphatic hydroxyl groups is 2. The molecule has 10 heteroatoms. The molecule has 3 aromatic rings. The normalized spacial score (nSPS) is 25.0. The third-order valence-electron chi connectivity index (χ3n) is 4.45. The van der Waals surface area contributed by atoms with Crippen LogP contribution in [0.5, 0.6) is 0 Å². The number of rotatable bonds is 3. The third kappa shape index (κ3) is 3.21. The second-order valence-corrected chi connectivity index (χ2v) is 7.14. The summed E-state index contributed by atoms with van der Waals surface area (Å²) in [6, 6.07) is 6.90. The molecule has 4 rings (SSSR count). The van der Waals surface area contributed by atoms with E-state index in [0.29, 0.717) is 16.7 Å². The number of hydrogen-bond acceptors (Lipinski definition) is 7. The maximum absolute atomic E-state index is 12.5. The molecule has 3 N–H and O–H groups in total. The summed E-state index contributed by atoms with van der Waals surface area (Å²) in [4.78, 5) is 25.0. The first-order valence-electron chi connectivity index (χ1n) is 8.22. The lowest BCUT2D eigenvalue weighted by Gasteiger charge is -2.16. The zero-order valence-electron chi connectivity index (χ0n) is 14.2. The van der Waals surface area contributed by atoms with Crippen LogP contribution in [0.3, 0.4) is 0 Å². The van der Waals surface area contributed by atoms with Crippen molar-refractivity contribution in [3.8, 4) is 0 Å². The molecule has 0 unspecified atom stereocenters. The number of carbonyl (C=O) groups is 1. The fourth-order valence-electron chi connectivity index (χ4n) is 2.97. The van der Waals surface area contributed by atoms with E-state index in [-0.39, 0.29) is 11.7 Å². The number of nitrogens with one attached hydrogen (secondary N) is 1. The molecule has 1 saturated heterocycles. The minimum atomic E-state index is -1.12. The van der Waals surface area contributed by atoms with Crippen molar-refractivity contribution in [2.75, 3.05) is 5.32 Å². The summed E-state index contributed by atoms with van der Waals surface area (Å²) in [6.07, 6.45) is -0.753. The first kappa shape index (κ1) is 18.0. The summed E-state index contributed by atoms with van der Waals surface area (Å²) in [5, 5.41) is 22.8. The van der Waals surface area contributed by atoms with Crippen molar-refractivity contribution in [2.24, 2.45) is 0 Å². The van der Waals surface area contributed by atoms with Gasteiger partial charge in [0.15, 0.2) is 23.2 Å². The van der Waals surface area contributed by atoms with Gasteiger partial charge in [0.05, 0.1) is 12.4 Å². The summed E-state index contributed by atoms with van der Waals surface area (Å²) in [7, 11) is 0. The minimum absolute atomic E-state index is 0.243. The van der Waals surface area contributed by atoms with Crippen molar-refractivity contribution in [3.63, 3.8) is 0 Å². The summed E-state index contributed by atoms with van der Waals surface area (Å²) in [5.74, 6) is -0.0917. The SMILES string of the molecule is C[C@H]1O[C@@H](n2cnc3c(NC(=O)c4ccc(Br)cc4)ncnc32)[C@H](O)[C@@H]1O. The van der Waals surface area contributed by atoms with Gasteiger partial charge in [-0.25, -0.2) is 15.0 Å². The van der Waals surface area contributed by atoms with Gasteiger partial charge in [-0.2, -0.15) is 0 Å². The molecule has 1 amide bonds. The molecule has 4 atom stereocenters. The quantitative estimate of drug-likeness (QED) is 0.571. The van der Waals surface area contributed by atoms with Crippen molar-refractivity contribution in [3.05, 3.63) is 47.0 Å². The van der Waals surface area contributed by atoms with Gasteiger partial charge in [-0.1, -0.05) is 15.9 Å². The van der Waals surface area contributed by atoms with E-state index in [9.17, 15) is 15.0 Å². The van der Waals surface area contributed by atoms with Gasteiger partial charge in [0.1, 0.15) is 18.5 Å². The smallest absolute Gasteiger partial charge is 0.256 e. The molecule has 3 heterocycles. The number of hydrogen-bond donors (Lipinski definition) is 3. The number of imidazole rings is 1. The molecule has 1 aromatic carbocycles. The molecule has 2 aromatic heterocycles. The van der Waals surface area contributed by atoms with Crippen LogP contribution in [-0.2, 0) is 4.74 Å². The van der Waals surface area contributed by atoms with E-state index in [2.05, 4.69) is 36.2 Å². The molecule has 1 aliphatic heterocycles. The lowest BCUT2D eigenvalue weighted by atomic mass is 10.1. The Bertz CT molecular complexity index is 993. The van der Waals surface area contributed by atoms with E-state index >= 15 is 0 Å². The van der Waals surface area contributed by atoms with Crippen LogP contribution in [0.4, 0.5) is 5.82 Å². The Morgan fingerprint density at radius 3 is 2.59 bits per heavy atom. The Hall–Kier alpha value is -2.40. The third-order valence-corrected chi connectivity index (χ3v) is 4.98. The van der Waals surface area contributed by atoms with Crippen LogP contribution in [0.2, 0.25) is 0 Å². The van der Waals surface area contributed by atoms with E-state index in [4.69, 9.17) is 4.74 Å². The predicted octanol–water partition coefficient (Wildman–Crippen LogP) is 1.48. The van der Waals surface area contributed by atoms with Gasteiger partial charge in [-0.05, 0) is 31.2 Å². The molecule has 27 heavy (non-hydrogen) atoms. The monoisotopic (exact) mass is 433 g/mol. The van der Waals surface area contributed by atoms with Crippen LogP contribution in [0.25, 0.3) is 11.2 Å². The standard InChI is InChI=1S/C17H16BrN5O4/c1-8-12(24)13(25)17(27-8)23-7-21-11-14(19-6-20-15(11)23)22-16(26)9-2-4-10(18)5-3-9/h2-8,12-13,17,24-25H,1H3,(H,19,20,22,26)/t8-,12-,13-,17-/m1/s1. The van der Waals surface area contributed by atoms with Crippen molar-refractivity contribution in [1.29, 1.82) is 0 Å². The molecule has 140 valence electrons. The van der Waals surface area contributed by atoms with Crippen LogP contribution in [0.1, 0.15) is 23.5 Å². The minimum Gasteiger partial charge on any atom is -0.388 e. The highest BCUT2D eigenvalue weighted by Crippen LogP contribution is 2.32. The maximum atomic E-state index is 12.5. The number of amides is 1. The zero-order valence-corrected chi connectivity index (χ0v) is 15.7. The molecule has 0 saturated carbocycles. The fourth-order valence-corrected chi connectivity index (χ4v) is 3.23. The molecular formula is C17H16BrN5O4. The van der Waals surface area contributed by atoms with Crippen molar-refractivity contribution < 1.29 is 19.7 Å². The molecule has 0 spiro atoms. The van der Waals surface area contributed by atoms with Crippen molar-refractivity contribution in [1.82, 2.24) is 19.5 Å². The molecule has 0 radical (unpaired) electrons. The van der Waals surface area contributed by atoms with Crippen LogP contribution in [0.15, 0.2) is 41.4 Å². The first-order chi connectivity index (χ1) is 13.0. The lowest BCUT2D eigenvalue weighted by molar-refractivity contribution is -0.0299. The van der Waals surface area contributed by atoms with Gasteiger partial charge in [0.25, 0.3) is 5.91 Å². The zero-order chi connectivity index (χ0) is 19.1. The van der Waals surface area contributed by atoms with Gasteiger partial charge in [-0.3, -0.25) is 9.36 Å². The average Bonchev–Trinajstić information content (AvgIpc) is 3.19. The number of aromatic nitrogens is 4. The van der Waals surface area contributed by atoms with E-state index < -0.39 is 24.5 Å². The Kier molecular flexibility index (Phi) is 4.64. The average molecular weight is 434 g/mol. The second kappa shape index (κ2) is 6.97. The summed E-state index contributed by atoms with van der Waals surface area (Å²) < 4.78 is 8.00. The number of nitrogens with zero attached hydrogens (tertiary/aromatic N) is 4. The highest BCUT2D eigenvalue weighted by molar-refractivity contribution is 9.10. The number of benzene rings is 1. The van der Waals surface area contributed by atoms with Crippen molar-refractivity contribution in [2.45, 2.75) is 31.5 Å². The number of aliphatic hydroxyl groups excluding tert-OH is 2. The van der Waals surface area contributed by atoms with Crippen LogP contribution in [-0.4, -0.2) is 54.0 Å². The largest absolute Gasteiger partial charge is 0.388 e. The fraction of sp³-hybridized carbons (Fsp3) is 0.294. The topological polar surface area (TPSA) is 122 Å². The predicted molar refractivity (Wildman–Crippen MR) is 99.0 cm³/mol. The Morgan fingerprint density at radius 1 is 1.19 bits per heavy atom. The number of anilines is 1. The van der Waals surface area contributed by atoms with Gasteiger partial charge in [-0.15, -0.1) is 0 Å². The molecular weight excluding hydrogens is 418 g/mol. The molecule has 0 aliphatic carbocycles. The van der Waals surface area contributed by atoms with Crippen molar-refractivity contribution >= 4 is 38.8 Å². The summed E-state index contributed by atoms with van der Waals surface area (Å²) >= 11 is 3.33. The highest BCUT2D eigenvalue weighted by atomic mass is 79.9. The lowest BCUT2D eigenvalue weighted by Crippen LogP contribution is -2.30. The van der Waals surface area contributed by atoms with E-state index in [1.807, 2.05) is 0 Å². The molecule has 9 nitrogen and oxygen atoms in total. The number of fused-ring (bicyclic) bond motifs is 1. The number of halogens is 1. The van der Waals surface area contributed by atoms with Crippen LogP contribution in [0, 0.1) is 0 Å². The van der Waals surface area contributed by atoms with E-state index in [0.717, 1.165) is 4.47 Å². The Balaban J connectivity index is 1.65. The first-order valence-corrected chi connectivity index (χ1v) is 9.01. The second-order valence-electron chi connectivity index (χ2n) is 6.22. The van der Waals surface area contributed by atoms with Gasteiger partial charge in [0, 0.05) is 10.0 Å². The molecule has 0 bridgehead atoms. The van der Waals surface area contributed by atoms with Gasteiger partial charge < -0.3 is 20.3 Å². The number of carbonyl (C=O) groups excluding carboxylic acids is 1. The van der Waals surface area contributed by atoms with E-state index in [1.54, 1.807) is 31.2 Å². The van der Waals surface area contributed by atoms with E-state index in [1.165, 1.54) is 17.2 Å². The van der Waals surface area contributed by atoms with Crippen LogP contribution >= 0.6 is 15.9 Å². The summed E-state index contributed by atoms with van der Waals surface area (Å²) in [5.41, 5.74) is 1.20. The van der Waals surface area contributed by atoms with Gasteiger partial charge in [0.2, 0.25) is 0 Å². The highest BCUT2D eigenvalue weighted by Gasteiger charge is 2.42. The Morgan fingerprint density at radius 2 is 1.93 bits per heavy atom. The van der Waals surface area contributed by atoms with Crippen LogP contribution < -0.4 is 5.32 Å². The molecule has 1 fully saturated rings. The summed E-state index contributed by atoms with van der Waals surface area (Å²) in [6.45, 7) is 1.67. The number of ether oxygens (including phenoxy) is 1. The van der Waals surface area contributed by atoms with Gasteiger partial charge >= 0.3 is 0 Å². The maximum Gasteiger partial charge on any atom is 0.256 e. The molecule has 1 aliphatic rings.